The molecule has 0 radical (unpaired) electrons. The van der Waals surface area contributed by atoms with Crippen LogP contribution in [0.2, 0.25) is 0 Å². The number of rotatable bonds is 1. The molecule has 0 bridgehead atoms. The summed E-state index contributed by atoms with van der Waals surface area (Å²) in [5.41, 5.74) is 0.134. The van der Waals surface area contributed by atoms with Crippen molar-refractivity contribution in [3.8, 4) is 0 Å². The molecule has 15 heavy (non-hydrogen) atoms. The third-order valence-corrected chi connectivity index (χ3v) is 3.10. The molecule has 0 saturated carbocycles. The van der Waals surface area contributed by atoms with Crippen molar-refractivity contribution in [2.24, 2.45) is 0 Å². The monoisotopic (exact) mass is 206 g/mol. The molecule has 1 fully saturated rings. The first-order chi connectivity index (χ1) is 6.92. The minimum absolute atomic E-state index is 0.317. The SMILES string of the molecule is CC1(C)OB(c2ccncn2)OC1(C)C. The Morgan fingerprint density at radius 1 is 1.13 bits per heavy atom. The van der Waals surface area contributed by atoms with Gasteiger partial charge in [-0.25, -0.2) is 9.97 Å². The molecule has 0 N–H and O–H groups in total. The van der Waals surface area contributed by atoms with E-state index in [2.05, 4.69) is 9.97 Å². The minimum Gasteiger partial charge on any atom is -0.398 e. The Bertz CT molecular complexity index is 338. The second kappa shape index (κ2) is 3.28. The smallest absolute Gasteiger partial charge is 0.398 e. The van der Waals surface area contributed by atoms with Gasteiger partial charge in [-0.15, -0.1) is 0 Å². The van der Waals surface area contributed by atoms with Gasteiger partial charge in [0.1, 0.15) is 6.33 Å². The number of hydrogen-bond acceptors (Lipinski definition) is 4. The molecule has 0 atom stereocenters. The molecule has 4 nitrogen and oxygen atoms in total. The number of aromatic nitrogens is 2. The van der Waals surface area contributed by atoms with Gasteiger partial charge in [0, 0.05) is 6.20 Å². The first-order valence-electron chi connectivity index (χ1n) is 5.04. The Labute approximate surface area is 90.2 Å². The van der Waals surface area contributed by atoms with E-state index in [0.717, 1.165) is 5.59 Å². The summed E-state index contributed by atoms with van der Waals surface area (Å²) in [7, 11) is -0.391. The number of hydrogen-bond donors (Lipinski definition) is 0. The highest BCUT2D eigenvalue weighted by atomic mass is 16.7. The van der Waals surface area contributed by atoms with Crippen LogP contribution in [0, 0.1) is 0 Å². The maximum absolute atomic E-state index is 5.84. The minimum atomic E-state index is -0.391. The van der Waals surface area contributed by atoms with Crippen LogP contribution < -0.4 is 5.59 Å². The van der Waals surface area contributed by atoms with Crippen LogP contribution >= 0.6 is 0 Å². The van der Waals surface area contributed by atoms with Crippen molar-refractivity contribution in [1.82, 2.24) is 9.97 Å². The van der Waals surface area contributed by atoms with E-state index >= 15 is 0 Å². The van der Waals surface area contributed by atoms with Crippen molar-refractivity contribution in [3.05, 3.63) is 18.6 Å². The van der Waals surface area contributed by atoms with Gasteiger partial charge >= 0.3 is 7.12 Å². The van der Waals surface area contributed by atoms with E-state index < -0.39 is 7.12 Å². The molecule has 0 amide bonds. The Morgan fingerprint density at radius 3 is 2.20 bits per heavy atom. The fourth-order valence-electron chi connectivity index (χ4n) is 1.40. The molecule has 2 heterocycles. The third-order valence-electron chi connectivity index (χ3n) is 3.10. The van der Waals surface area contributed by atoms with Crippen LogP contribution in [0.3, 0.4) is 0 Å². The zero-order chi connectivity index (χ0) is 11.1. The maximum Gasteiger partial charge on any atom is 0.514 e. The van der Waals surface area contributed by atoms with Gasteiger partial charge < -0.3 is 9.31 Å². The second-order valence-corrected chi connectivity index (χ2v) is 4.72. The highest BCUT2D eigenvalue weighted by Crippen LogP contribution is 2.36. The molecular weight excluding hydrogens is 191 g/mol. The van der Waals surface area contributed by atoms with E-state index in [4.69, 9.17) is 9.31 Å². The lowest BCUT2D eigenvalue weighted by atomic mass is 9.85. The lowest BCUT2D eigenvalue weighted by molar-refractivity contribution is 0.00578. The van der Waals surface area contributed by atoms with Gasteiger partial charge in [0.05, 0.1) is 16.8 Å². The third kappa shape index (κ3) is 1.77. The summed E-state index contributed by atoms with van der Waals surface area (Å²) in [5.74, 6) is 0. The summed E-state index contributed by atoms with van der Waals surface area (Å²) in [6.07, 6.45) is 3.19. The predicted octanol–water partition coefficient (Wildman–Crippen LogP) is 0.776. The second-order valence-electron chi connectivity index (χ2n) is 4.72. The standard InChI is InChI=1S/C10H15BN2O2/c1-9(2)10(3,4)15-11(14-9)8-5-6-12-7-13-8/h5-7H,1-4H3. The fraction of sp³-hybridized carbons (Fsp3) is 0.600. The highest BCUT2D eigenvalue weighted by Gasteiger charge is 2.52. The average Bonchev–Trinajstić information content (AvgIpc) is 2.38. The molecule has 1 saturated heterocycles. The van der Waals surface area contributed by atoms with Crippen LogP contribution in [0.15, 0.2) is 18.6 Å². The van der Waals surface area contributed by atoms with E-state index in [1.165, 1.54) is 6.33 Å². The van der Waals surface area contributed by atoms with Gasteiger partial charge in [0.2, 0.25) is 0 Å². The Balaban J connectivity index is 2.24. The van der Waals surface area contributed by atoms with Gasteiger partial charge in [0.25, 0.3) is 0 Å². The Morgan fingerprint density at radius 2 is 1.73 bits per heavy atom. The van der Waals surface area contributed by atoms with Gasteiger partial charge in [-0.1, -0.05) is 0 Å². The first-order valence-corrected chi connectivity index (χ1v) is 5.04. The van der Waals surface area contributed by atoms with Crippen LogP contribution in [0.1, 0.15) is 27.7 Å². The first kappa shape index (κ1) is 10.6. The molecule has 0 spiro atoms. The zero-order valence-corrected chi connectivity index (χ0v) is 9.52. The summed E-state index contributed by atoms with van der Waals surface area (Å²) in [6.45, 7) is 8.09. The highest BCUT2D eigenvalue weighted by molar-refractivity contribution is 6.61. The van der Waals surface area contributed by atoms with Crippen molar-refractivity contribution >= 4 is 12.7 Å². The van der Waals surface area contributed by atoms with Crippen LogP contribution in [0.4, 0.5) is 0 Å². The topological polar surface area (TPSA) is 44.2 Å². The predicted molar refractivity (Wildman–Crippen MR) is 57.7 cm³/mol. The van der Waals surface area contributed by atoms with Crippen molar-refractivity contribution < 1.29 is 9.31 Å². The molecule has 80 valence electrons. The molecule has 0 unspecified atom stereocenters. The number of nitrogens with zero attached hydrogens (tertiary/aromatic N) is 2. The van der Waals surface area contributed by atoms with Crippen LogP contribution in [-0.4, -0.2) is 28.3 Å². The molecule has 1 aliphatic rings. The van der Waals surface area contributed by atoms with Gasteiger partial charge in [0.15, 0.2) is 0 Å². The summed E-state index contributed by atoms with van der Waals surface area (Å²) in [5, 5.41) is 0. The Hall–Kier alpha value is -0.935. The largest absolute Gasteiger partial charge is 0.514 e. The molecule has 1 aromatic rings. The van der Waals surface area contributed by atoms with Crippen molar-refractivity contribution in [3.63, 3.8) is 0 Å². The van der Waals surface area contributed by atoms with E-state index in [9.17, 15) is 0 Å². The molecule has 5 heteroatoms. The van der Waals surface area contributed by atoms with Crippen LogP contribution in [-0.2, 0) is 9.31 Å². The normalized spacial score (nSPS) is 23.1. The molecule has 1 aromatic heterocycles. The van der Waals surface area contributed by atoms with E-state index in [-0.39, 0.29) is 11.2 Å². The van der Waals surface area contributed by atoms with E-state index in [1.54, 1.807) is 6.20 Å². The fourth-order valence-corrected chi connectivity index (χ4v) is 1.40. The summed E-state index contributed by atoms with van der Waals surface area (Å²) in [6, 6.07) is 1.81. The molecular formula is C10H15BN2O2. The van der Waals surface area contributed by atoms with Crippen molar-refractivity contribution in [1.29, 1.82) is 0 Å². The van der Waals surface area contributed by atoms with Gasteiger partial charge in [-0.2, -0.15) is 0 Å². The molecule has 2 rings (SSSR count). The average molecular weight is 206 g/mol. The molecule has 1 aliphatic heterocycles. The lowest BCUT2D eigenvalue weighted by Gasteiger charge is -2.32. The van der Waals surface area contributed by atoms with E-state index in [1.807, 2.05) is 33.8 Å². The zero-order valence-electron chi connectivity index (χ0n) is 9.52. The Kier molecular flexibility index (Phi) is 2.32. The van der Waals surface area contributed by atoms with Crippen molar-refractivity contribution in [2.75, 3.05) is 0 Å². The lowest BCUT2D eigenvalue weighted by Crippen LogP contribution is -2.41. The summed E-state index contributed by atoms with van der Waals surface area (Å²) < 4.78 is 11.7. The van der Waals surface area contributed by atoms with Crippen LogP contribution in [0.5, 0.6) is 0 Å². The van der Waals surface area contributed by atoms with Crippen molar-refractivity contribution in [2.45, 2.75) is 38.9 Å². The van der Waals surface area contributed by atoms with E-state index in [0.29, 0.717) is 0 Å². The summed E-state index contributed by atoms with van der Waals surface area (Å²) >= 11 is 0. The molecule has 0 aliphatic carbocycles. The van der Waals surface area contributed by atoms with Gasteiger partial charge in [-0.05, 0) is 33.8 Å². The summed E-state index contributed by atoms with van der Waals surface area (Å²) in [4.78, 5) is 8.00. The van der Waals surface area contributed by atoms with Gasteiger partial charge in [-0.3, -0.25) is 0 Å². The maximum atomic E-state index is 5.84. The molecule has 0 aromatic carbocycles. The quantitative estimate of drug-likeness (QED) is 0.636. The van der Waals surface area contributed by atoms with Crippen LogP contribution in [0.25, 0.3) is 0 Å².